The number of carboxylic acid groups (broad SMARTS) is 1. The fourth-order valence-corrected chi connectivity index (χ4v) is 2.05. The molecule has 0 saturated heterocycles. The molecule has 1 atom stereocenters. The largest absolute Gasteiger partial charge is 0.493 e. The molecule has 0 saturated carbocycles. The first-order valence-corrected chi connectivity index (χ1v) is 8.17. The molecule has 0 aliphatic rings. The predicted molar refractivity (Wildman–Crippen MR) is 91.7 cm³/mol. The van der Waals surface area contributed by atoms with Crippen molar-refractivity contribution in [1.29, 1.82) is 0 Å². The fraction of sp³-hybridized carbons (Fsp3) is 0.556. The average molecular weight is 337 g/mol. The molecule has 0 spiro atoms. The number of hydrogen-bond acceptors (Lipinski definition) is 4. The Morgan fingerprint density at radius 3 is 2.46 bits per heavy atom. The van der Waals surface area contributed by atoms with Crippen molar-refractivity contribution in [2.75, 3.05) is 13.7 Å². The van der Waals surface area contributed by atoms with Crippen LogP contribution in [0.1, 0.15) is 50.4 Å². The molecule has 0 heterocycles. The maximum absolute atomic E-state index is 12.2. The zero-order chi connectivity index (χ0) is 18.1. The van der Waals surface area contributed by atoms with E-state index in [2.05, 4.69) is 19.2 Å². The van der Waals surface area contributed by atoms with Crippen LogP contribution in [0.15, 0.2) is 18.2 Å². The second-order valence-electron chi connectivity index (χ2n) is 6.20. The van der Waals surface area contributed by atoms with Gasteiger partial charge in [0.15, 0.2) is 11.5 Å². The maximum atomic E-state index is 12.2. The smallest absolute Gasteiger partial charge is 0.303 e. The highest BCUT2D eigenvalue weighted by molar-refractivity contribution is 5.95. The molecule has 2 N–H and O–H groups in total. The molecule has 0 aliphatic heterocycles. The van der Waals surface area contributed by atoms with Gasteiger partial charge in [0.2, 0.25) is 0 Å². The lowest BCUT2D eigenvalue weighted by Crippen LogP contribution is -2.32. The van der Waals surface area contributed by atoms with Crippen molar-refractivity contribution in [2.45, 2.75) is 46.1 Å². The zero-order valence-corrected chi connectivity index (χ0v) is 14.8. The van der Waals surface area contributed by atoms with Crippen molar-refractivity contribution < 1.29 is 24.2 Å². The molecule has 0 bridgehead atoms. The van der Waals surface area contributed by atoms with E-state index in [4.69, 9.17) is 14.6 Å². The number of hydrogen-bond donors (Lipinski definition) is 2. The maximum Gasteiger partial charge on any atom is 0.303 e. The first kappa shape index (κ1) is 19.8. The number of nitrogens with one attached hydrogen (secondary N) is 1. The summed E-state index contributed by atoms with van der Waals surface area (Å²) in [6, 6.07) is 4.80. The highest BCUT2D eigenvalue weighted by Crippen LogP contribution is 2.28. The monoisotopic (exact) mass is 337 g/mol. The highest BCUT2D eigenvalue weighted by atomic mass is 16.5. The van der Waals surface area contributed by atoms with E-state index < -0.39 is 5.97 Å². The summed E-state index contributed by atoms with van der Waals surface area (Å²) in [4.78, 5) is 22.8. The Morgan fingerprint density at radius 2 is 1.88 bits per heavy atom. The minimum atomic E-state index is -0.874. The predicted octanol–water partition coefficient (Wildman–Crippen LogP) is 3.10. The number of carboxylic acids is 1. The number of amides is 1. The van der Waals surface area contributed by atoms with E-state index in [1.54, 1.807) is 25.1 Å². The van der Waals surface area contributed by atoms with E-state index >= 15 is 0 Å². The Bertz CT molecular complexity index is 556. The quantitative estimate of drug-likeness (QED) is 0.685. The molecule has 134 valence electrons. The lowest BCUT2D eigenvalue weighted by molar-refractivity contribution is -0.137. The number of benzene rings is 1. The molecular weight excluding hydrogens is 310 g/mol. The van der Waals surface area contributed by atoms with Crippen molar-refractivity contribution in [2.24, 2.45) is 5.92 Å². The number of methoxy groups -OCH3 is 1. The van der Waals surface area contributed by atoms with Crippen molar-refractivity contribution >= 4 is 11.9 Å². The molecule has 0 aromatic heterocycles. The van der Waals surface area contributed by atoms with Crippen molar-refractivity contribution in [3.05, 3.63) is 23.8 Å². The van der Waals surface area contributed by atoms with Gasteiger partial charge in [-0.15, -0.1) is 0 Å². The lowest BCUT2D eigenvalue weighted by atomic mass is 10.1. The van der Waals surface area contributed by atoms with Gasteiger partial charge in [0, 0.05) is 18.0 Å². The summed E-state index contributed by atoms with van der Waals surface area (Å²) in [6.07, 6.45) is 1.34. The molecule has 1 unspecified atom stereocenters. The fourth-order valence-electron chi connectivity index (χ4n) is 2.05. The Balaban J connectivity index is 2.68. The average Bonchev–Trinajstić information content (AvgIpc) is 2.52. The summed E-state index contributed by atoms with van der Waals surface area (Å²) >= 11 is 0. The summed E-state index contributed by atoms with van der Waals surface area (Å²) < 4.78 is 11.0. The van der Waals surface area contributed by atoms with Crippen LogP contribution in [0.5, 0.6) is 11.5 Å². The minimum absolute atomic E-state index is 0.0212. The first-order chi connectivity index (χ1) is 11.3. The van der Waals surface area contributed by atoms with Crippen LogP contribution in [0.4, 0.5) is 0 Å². The molecule has 6 nitrogen and oxygen atoms in total. The second kappa shape index (κ2) is 9.80. The van der Waals surface area contributed by atoms with Crippen LogP contribution in [0, 0.1) is 5.92 Å². The Labute approximate surface area is 143 Å². The number of carbonyl (C=O) groups excluding carboxylic acids is 1. The van der Waals surface area contributed by atoms with E-state index in [-0.39, 0.29) is 18.4 Å². The third-order valence-corrected chi connectivity index (χ3v) is 3.55. The molecular formula is C18H27NO5. The molecule has 0 aliphatic carbocycles. The summed E-state index contributed by atoms with van der Waals surface area (Å²) in [5.41, 5.74) is 0.449. The van der Waals surface area contributed by atoms with Gasteiger partial charge in [0.05, 0.1) is 13.7 Å². The van der Waals surface area contributed by atoms with Gasteiger partial charge in [0.25, 0.3) is 5.91 Å². The molecule has 1 aromatic rings. The number of ether oxygens (including phenoxy) is 2. The van der Waals surface area contributed by atoms with E-state index in [9.17, 15) is 9.59 Å². The molecule has 24 heavy (non-hydrogen) atoms. The second-order valence-corrected chi connectivity index (χ2v) is 6.20. The number of rotatable bonds is 10. The Hall–Kier alpha value is -2.24. The van der Waals surface area contributed by atoms with Gasteiger partial charge >= 0.3 is 5.97 Å². The normalized spacial score (nSPS) is 11.9. The lowest BCUT2D eigenvalue weighted by Gasteiger charge is -2.15. The van der Waals surface area contributed by atoms with E-state index in [1.165, 1.54) is 7.11 Å². The van der Waals surface area contributed by atoms with E-state index in [0.29, 0.717) is 36.0 Å². The summed E-state index contributed by atoms with van der Waals surface area (Å²) in [5, 5.41) is 11.5. The van der Waals surface area contributed by atoms with Crippen LogP contribution in [0.25, 0.3) is 0 Å². The topological polar surface area (TPSA) is 84.9 Å². The van der Waals surface area contributed by atoms with Crippen molar-refractivity contribution in [1.82, 2.24) is 5.32 Å². The SMILES string of the molecule is COc1cc(C(=O)NC(C)CCC(=O)O)ccc1OCCC(C)C. The molecule has 0 fully saturated rings. The molecule has 6 heteroatoms. The van der Waals surface area contributed by atoms with Gasteiger partial charge in [0.1, 0.15) is 0 Å². The van der Waals surface area contributed by atoms with Crippen LogP contribution in [0.3, 0.4) is 0 Å². The zero-order valence-electron chi connectivity index (χ0n) is 14.8. The molecule has 1 rings (SSSR count). The molecule has 1 amide bonds. The summed E-state index contributed by atoms with van der Waals surface area (Å²) in [6.45, 7) is 6.62. The van der Waals surface area contributed by atoms with Gasteiger partial charge in [-0.3, -0.25) is 9.59 Å². The van der Waals surface area contributed by atoms with Gasteiger partial charge in [-0.25, -0.2) is 0 Å². The Kier molecular flexibility index (Phi) is 8.09. The standard InChI is InChI=1S/C18H27NO5/c1-12(2)9-10-24-15-7-6-14(11-16(15)23-4)18(22)19-13(3)5-8-17(20)21/h6-7,11-13H,5,8-10H2,1-4H3,(H,19,22)(H,20,21). The van der Waals surface area contributed by atoms with Crippen LogP contribution < -0.4 is 14.8 Å². The highest BCUT2D eigenvalue weighted by Gasteiger charge is 2.14. The van der Waals surface area contributed by atoms with Gasteiger partial charge in [-0.1, -0.05) is 13.8 Å². The third-order valence-electron chi connectivity index (χ3n) is 3.55. The Morgan fingerprint density at radius 1 is 1.17 bits per heavy atom. The van der Waals surface area contributed by atoms with Crippen molar-refractivity contribution in [3.8, 4) is 11.5 Å². The van der Waals surface area contributed by atoms with Crippen molar-refractivity contribution in [3.63, 3.8) is 0 Å². The van der Waals surface area contributed by atoms with Crippen LogP contribution >= 0.6 is 0 Å². The van der Waals surface area contributed by atoms with Crippen LogP contribution in [-0.2, 0) is 4.79 Å². The van der Waals surface area contributed by atoms with Crippen LogP contribution in [-0.4, -0.2) is 36.7 Å². The minimum Gasteiger partial charge on any atom is -0.493 e. The first-order valence-electron chi connectivity index (χ1n) is 8.17. The van der Waals surface area contributed by atoms with Crippen LogP contribution in [0.2, 0.25) is 0 Å². The number of carbonyl (C=O) groups is 2. The molecule has 0 radical (unpaired) electrons. The van der Waals surface area contributed by atoms with Gasteiger partial charge < -0.3 is 19.9 Å². The van der Waals surface area contributed by atoms with E-state index in [1.807, 2.05) is 0 Å². The molecule has 1 aromatic carbocycles. The third kappa shape index (κ3) is 6.89. The van der Waals surface area contributed by atoms with Gasteiger partial charge in [-0.2, -0.15) is 0 Å². The van der Waals surface area contributed by atoms with Gasteiger partial charge in [-0.05, 0) is 43.9 Å². The van der Waals surface area contributed by atoms with E-state index in [0.717, 1.165) is 6.42 Å². The number of aliphatic carboxylic acids is 1. The summed E-state index contributed by atoms with van der Waals surface area (Å²) in [7, 11) is 1.53. The summed E-state index contributed by atoms with van der Waals surface area (Å²) in [5.74, 6) is 0.521.